The Hall–Kier alpha value is -0.990. The first-order valence-electron chi connectivity index (χ1n) is 4.64. The number of aromatic nitrogens is 1. The number of thioether (sulfide) groups is 1. The molecule has 0 saturated carbocycles. The number of benzene rings is 1. The third-order valence-corrected chi connectivity index (χ3v) is 3.16. The molecule has 0 atom stereocenters. The van der Waals surface area contributed by atoms with Crippen LogP contribution in [0.5, 0.6) is 0 Å². The van der Waals surface area contributed by atoms with Gasteiger partial charge in [-0.2, -0.15) is 0 Å². The Morgan fingerprint density at radius 2 is 1.80 bits per heavy atom. The molecule has 15 heavy (non-hydrogen) atoms. The van der Waals surface area contributed by atoms with Crippen LogP contribution in [0.25, 0.3) is 0 Å². The molecule has 0 saturated heterocycles. The predicted octanol–water partition coefficient (Wildman–Crippen LogP) is 4.03. The number of nitrogens with zero attached hydrogens (tertiary/aromatic N) is 1. The van der Waals surface area contributed by atoms with E-state index in [9.17, 15) is 0 Å². The average molecular weight is 236 g/mol. The summed E-state index contributed by atoms with van der Waals surface area (Å²) in [5.74, 6) is 0.852. The first-order valence-corrected chi connectivity index (χ1v) is 6.00. The van der Waals surface area contributed by atoms with Crippen molar-refractivity contribution in [1.29, 1.82) is 0 Å². The third-order valence-electron chi connectivity index (χ3n) is 1.90. The van der Waals surface area contributed by atoms with E-state index in [0.717, 1.165) is 11.4 Å². The summed E-state index contributed by atoms with van der Waals surface area (Å²) in [5, 5.41) is 0.557. The largest absolute Gasteiger partial charge is 0.240 e. The molecule has 2 rings (SSSR count). The van der Waals surface area contributed by atoms with Crippen LogP contribution < -0.4 is 0 Å². The van der Waals surface area contributed by atoms with Gasteiger partial charge in [0.05, 0.1) is 5.69 Å². The Morgan fingerprint density at radius 3 is 2.53 bits per heavy atom. The third kappa shape index (κ3) is 3.26. The van der Waals surface area contributed by atoms with Gasteiger partial charge in [0.25, 0.3) is 0 Å². The molecule has 0 spiro atoms. The molecule has 0 aliphatic carbocycles. The molecule has 0 N–H and O–H groups in total. The summed E-state index contributed by atoms with van der Waals surface area (Å²) < 4.78 is 0. The molecule has 0 fully saturated rings. The van der Waals surface area contributed by atoms with Crippen LogP contribution in [0.3, 0.4) is 0 Å². The molecular formula is C12H10ClNS. The van der Waals surface area contributed by atoms with E-state index in [2.05, 4.69) is 17.1 Å². The molecule has 1 aromatic heterocycles. The van der Waals surface area contributed by atoms with Crippen molar-refractivity contribution in [3.8, 4) is 0 Å². The quantitative estimate of drug-likeness (QED) is 0.589. The van der Waals surface area contributed by atoms with Gasteiger partial charge >= 0.3 is 0 Å². The van der Waals surface area contributed by atoms with Gasteiger partial charge in [0.2, 0.25) is 0 Å². The molecule has 0 amide bonds. The highest BCUT2D eigenvalue weighted by atomic mass is 35.5. The van der Waals surface area contributed by atoms with Crippen LogP contribution in [0, 0.1) is 0 Å². The van der Waals surface area contributed by atoms with Crippen LogP contribution in [-0.4, -0.2) is 4.98 Å². The van der Waals surface area contributed by atoms with Gasteiger partial charge in [0.1, 0.15) is 5.15 Å². The summed E-state index contributed by atoms with van der Waals surface area (Å²) >= 11 is 7.57. The van der Waals surface area contributed by atoms with Crippen molar-refractivity contribution >= 4 is 23.4 Å². The van der Waals surface area contributed by atoms with E-state index in [-0.39, 0.29) is 0 Å². The van der Waals surface area contributed by atoms with Crippen LogP contribution >= 0.6 is 23.4 Å². The van der Waals surface area contributed by atoms with Crippen LogP contribution in [0.1, 0.15) is 5.69 Å². The van der Waals surface area contributed by atoms with Crippen molar-refractivity contribution in [2.45, 2.75) is 10.6 Å². The average Bonchev–Trinajstić information content (AvgIpc) is 2.28. The highest BCUT2D eigenvalue weighted by Gasteiger charge is 1.97. The maximum absolute atomic E-state index is 5.81. The van der Waals surface area contributed by atoms with Gasteiger partial charge in [-0.05, 0) is 24.3 Å². The summed E-state index contributed by atoms with van der Waals surface area (Å²) in [6.45, 7) is 0. The normalized spacial score (nSPS) is 10.2. The van der Waals surface area contributed by atoms with Crippen LogP contribution in [0.4, 0.5) is 0 Å². The number of rotatable bonds is 3. The Morgan fingerprint density at radius 1 is 1.00 bits per heavy atom. The standard InChI is InChI=1S/C12H10ClNS/c13-12-8-4-5-10(14-12)9-15-11-6-2-1-3-7-11/h1-8H,9H2. The van der Waals surface area contributed by atoms with Gasteiger partial charge in [-0.25, -0.2) is 4.98 Å². The first-order chi connectivity index (χ1) is 7.34. The number of hydrogen-bond acceptors (Lipinski definition) is 2. The molecule has 0 aliphatic heterocycles. The molecule has 2 aromatic rings. The Balaban J connectivity index is 1.99. The van der Waals surface area contributed by atoms with E-state index >= 15 is 0 Å². The first kappa shape index (κ1) is 10.5. The smallest absolute Gasteiger partial charge is 0.129 e. The molecule has 0 unspecified atom stereocenters. The highest BCUT2D eigenvalue weighted by Crippen LogP contribution is 2.21. The van der Waals surface area contributed by atoms with Crippen LogP contribution in [0.15, 0.2) is 53.4 Å². The minimum atomic E-state index is 0.557. The molecule has 1 aromatic carbocycles. The lowest BCUT2D eigenvalue weighted by Gasteiger charge is -2.01. The van der Waals surface area contributed by atoms with Crippen molar-refractivity contribution in [2.75, 3.05) is 0 Å². The van der Waals surface area contributed by atoms with E-state index in [4.69, 9.17) is 11.6 Å². The Kier molecular flexibility index (Phi) is 3.64. The van der Waals surface area contributed by atoms with Gasteiger partial charge in [-0.1, -0.05) is 35.9 Å². The second-order valence-electron chi connectivity index (χ2n) is 3.05. The molecule has 0 bridgehead atoms. The molecule has 0 radical (unpaired) electrons. The minimum absolute atomic E-state index is 0.557. The Labute approximate surface area is 98.5 Å². The highest BCUT2D eigenvalue weighted by molar-refractivity contribution is 7.98. The summed E-state index contributed by atoms with van der Waals surface area (Å²) in [6.07, 6.45) is 0. The lowest BCUT2D eigenvalue weighted by Crippen LogP contribution is -1.85. The van der Waals surface area contributed by atoms with E-state index in [1.54, 1.807) is 17.8 Å². The number of halogens is 1. The van der Waals surface area contributed by atoms with Crippen LogP contribution in [-0.2, 0) is 5.75 Å². The number of hydrogen-bond donors (Lipinski definition) is 0. The molecule has 76 valence electrons. The van der Waals surface area contributed by atoms with Crippen molar-refractivity contribution < 1.29 is 0 Å². The SMILES string of the molecule is Clc1cccc(CSc2ccccc2)n1. The van der Waals surface area contributed by atoms with Crippen molar-refractivity contribution in [1.82, 2.24) is 4.98 Å². The second kappa shape index (κ2) is 5.19. The van der Waals surface area contributed by atoms with Gasteiger partial charge in [-0.3, -0.25) is 0 Å². The summed E-state index contributed by atoms with van der Waals surface area (Å²) in [5.41, 5.74) is 1.01. The van der Waals surface area contributed by atoms with E-state index in [1.807, 2.05) is 30.3 Å². The van der Waals surface area contributed by atoms with Gasteiger partial charge in [0.15, 0.2) is 0 Å². The summed E-state index contributed by atoms with van der Waals surface area (Å²) in [4.78, 5) is 5.48. The fourth-order valence-corrected chi connectivity index (χ4v) is 2.21. The zero-order chi connectivity index (χ0) is 10.5. The fraction of sp³-hybridized carbons (Fsp3) is 0.0833. The van der Waals surface area contributed by atoms with Crippen molar-refractivity contribution in [2.24, 2.45) is 0 Å². The second-order valence-corrected chi connectivity index (χ2v) is 4.49. The molecule has 1 nitrogen and oxygen atoms in total. The molecule has 1 heterocycles. The molecule has 3 heteroatoms. The maximum atomic E-state index is 5.81. The molecular weight excluding hydrogens is 226 g/mol. The van der Waals surface area contributed by atoms with Gasteiger partial charge in [-0.15, -0.1) is 11.8 Å². The van der Waals surface area contributed by atoms with E-state index in [0.29, 0.717) is 5.15 Å². The monoisotopic (exact) mass is 235 g/mol. The maximum Gasteiger partial charge on any atom is 0.129 e. The predicted molar refractivity (Wildman–Crippen MR) is 65.3 cm³/mol. The van der Waals surface area contributed by atoms with E-state index < -0.39 is 0 Å². The van der Waals surface area contributed by atoms with Gasteiger partial charge < -0.3 is 0 Å². The fourth-order valence-electron chi connectivity index (χ4n) is 1.20. The Bertz CT molecular complexity index is 431. The lowest BCUT2D eigenvalue weighted by molar-refractivity contribution is 1.17. The topological polar surface area (TPSA) is 12.9 Å². The lowest BCUT2D eigenvalue weighted by atomic mass is 10.4. The minimum Gasteiger partial charge on any atom is -0.240 e. The molecule has 0 aliphatic rings. The van der Waals surface area contributed by atoms with Crippen molar-refractivity contribution in [3.05, 3.63) is 59.4 Å². The van der Waals surface area contributed by atoms with Gasteiger partial charge in [0, 0.05) is 10.6 Å². The zero-order valence-electron chi connectivity index (χ0n) is 8.06. The number of pyridine rings is 1. The summed E-state index contributed by atoms with van der Waals surface area (Å²) in [7, 11) is 0. The summed E-state index contributed by atoms with van der Waals surface area (Å²) in [6, 6.07) is 16.0. The van der Waals surface area contributed by atoms with Crippen LogP contribution in [0.2, 0.25) is 5.15 Å². The van der Waals surface area contributed by atoms with Crippen molar-refractivity contribution in [3.63, 3.8) is 0 Å². The van der Waals surface area contributed by atoms with E-state index in [1.165, 1.54) is 4.90 Å². The zero-order valence-corrected chi connectivity index (χ0v) is 9.63.